The first-order valence-electron chi connectivity index (χ1n) is 11.9. The summed E-state index contributed by atoms with van der Waals surface area (Å²) >= 11 is -4.64. The summed E-state index contributed by atoms with van der Waals surface area (Å²) in [5.41, 5.74) is 11.8. The number of fused-ring (bicyclic) bond motifs is 6. The summed E-state index contributed by atoms with van der Waals surface area (Å²) in [5.74, 6) is 0. The van der Waals surface area contributed by atoms with Gasteiger partial charge in [0, 0.05) is 0 Å². The van der Waals surface area contributed by atoms with E-state index in [2.05, 4.69) is 110 Å². The predicted octanol–water partition coefficient (Wildman–Crippen LogP) is 6.28. The van der Waals surface area contributed by atoms with Crippen LogP contribution in [0.1, 0.15) is 22.3 Å². The standard InChI is InChI=1S/2C13H9.4CH3.H2Si.Zr/c2*1-3-7-12-10(5-1)9-11-6-2-4-8-13(11)12;;;;;;/h2*1-5,7-8H,9H2;4*1H3;1H2;. The van der Waals surface area contributed by atoms with E-state index in [0.717, 1.165) is 12.8 Å². The first-order chi connectivity index (χ1) is 14.9. The molecule has 0 atom stereocenters. The second-order valence-electron chi connectivity index (χ2n) is 14.2. The summed E-state index contributed by atoms with van der Waals surface area (Å²) in [6.07, 6.45) is 2.10. The van der Waals surface area contributed by atoms with Crippen LogP contribution in [-0.4, -0.2) is 6.88 Å². The first-order valence-corrected chi connectivity index (χ1v) is 30.1. The zero-order valence-electron chi connectivity index (χ0n) is 19.7. The second-order valence-corrected chi connectivity index (χ2v) is 71.7. The third-order valence-corrected chi connectivity index (χ3v) is 29.1. The van der Waals surface area contributed by atoms with E-state index in [1.54, 1.807) is 17.7 Å². The molecule has 0 aliphatic heterocycles. The number of hydrogen-bond acceptors (Lipinski definition) is 0. The van der Waals surface area contributed by atoms with Crippen molar-refractivity contribution in [2.75, 3.05) is 0 Å². The molecule has 6 rings (SSSR count). The molecule has 0 spiro atoms. The van der Waals surface area contributed by atoms with Gasteiger partial charge in [0.1, 0.15) is 0 Å². The molecule has 2 heteroatoms. The van der Waals surface area contributed by atoms with Gasteiger partial charge in [-0.15, -0.1) is 0 Å². The van der Waals surface area contributed by atoms with Gasteiger partial charge in [-0.2, -0.15) is 0 Å². The van der Waals surface area contributed by atoms with Crippen molar-refractivity contribution in [3.8, 4) is 22.3 Å². The molecule has 2 aliphatic rings. The van der Waals surface area contributed by atoms with Crippen LogP contribution in [0, 0.1) is 0 Å². The summed E-state index contributed by atoms with van der Waals surface area (Å²) in [6.45, 7) is 2.36. The van der Waals surface area contributed by atoms with Crippen LogP contribution in [0.25, 0.3) is 22.3 Å². The molecule has 0 saturated carbocycles. The zero-order valence-corrected chi connectivity index (χ0v) is 23.6. The van der Waals surface area contributed by atoms with Gasteiger partial charge in [-0.25, -0.2) is 0 Å². The monoisotopic (exact) mass is 510 g/mol. The molecule has 0 fully saturated rings. The van der Waals surface area contributed by atoms with Crippen molar-refractivity contribution in [1.82, 2.24) is 0 Å². The summed E-state index contributed by atoms with van der Waals surface area (Å²) < 4.78 is 13.9. The molecule has 0 amide bonds. The van der Waals surface area contributed by atoms with Gasteiger partial charge in [0.2, 0.25) is 0 Å². The van der Waals surface area contributed by atoms with Gasteiger partial charge >= 0.3 is 189 Å². The average Bonchev–Trinajstić information content (AvgIpc) is 3.30. The molecule has 0 heterocycles. The summed E-state index contributed by atoms with van der Waals surface area (Å²) in [5, 5.41) is 0. The fraction of sp³-hybridized carbons (Fsp3) is 0.200. The molecular weight excluding hydrogens is 480 g/mol. The van der Waals surface area contributed by atoms with Crippen molar-refractivity contribution >= 4 is 13.4 Å². The van der Waals surface area contributed by atoms with Gasteiger partial charge in [0.05, 0.1) is 0 Å². The SMILES string of the molecule is [CH3][Zr]([CH3])([CH3])([CH3])(=[SiH2])([c]1cccc2c1Cc1ccccc1-2)[c]1cccc2c1Cc1ccccc1-2. The van der Waals surface area contributed by atoms with Gasteiger partial charge in [-0.05, 0) is 0 Å². The fourth-order valence-corrected chi connectivity index (χ4v) is 25.1. The minimum atomic E-state index is -4.64. The van der Waals surface area contributed by atoms with Crippen LogP contribution >= 0.6 is 0 Å². The molecule has 160 valence electrons. The molecule has 0 saturated heterocycles. The van der Waals surface area contributed by atoms with E-state index in [1.807, 2.05) is 0 Å². The molecule has 4 aromatic carbocycles. The third kappa shape index (κ3) is 2.63. The van der Waals surface area contributed by atoms with Crippen LogP contribution in [0.15, 0.2) is 84.9 Å². The topological polar surface area (TPSA) is 0 Å². The van der Waals surface area contributed by atoms with Gasteiger partial charge in [-0.3, -0.25) is 0 Å². The van der Waals surface area contributed by atoms with Crippen LogP contribution in [-0.2, 0) is 27.3 Å². The van der Waals surface area contributed by atoms with Crippen molar-refractivity contribution in [3.05, 3.63) is 107 Å². The Hall–Kier alpha value is -2.02. The first kappa shape index (κ1) is 20.6. The second kappa shape index (κ2) is 5.37. The van der Waals surface area contributed by atoms with Gasteiger partial charge in [-0.1, -0.05) is 0 Å². The van der Waals surface area contributed by atoms with Gasteiger partial charge in [0.25, 0.3) is 0 Å². The van der Waals surface area contributed by atoms with Crippen molar-refractivity contribution in [2.45, 2.75) is 31.4 Å². The Balaban J connectivity index is 1.69. The Kier molecular flexibility index (Phi) is 3.46. The zero-order chi connectivity index (χ0) is 22.5. The van der Waals surface area contributed by atoms with E-state index >= 15 is 0 Å². The van der Waals surface area contributed by atoms with Crippen LogP contribution in [0.2, 0.25) is 18.5 Å². The van der Waals surface area contributed by atoms with Gasteiger partial charge in [0.15, 0.2) is 0 Å². The van der Waals surface area contributed by atoms with Crippen LogP contribution in [0.4, 0.5) is 0 Å². The van der Waals surface area contributed by atoms with E-state index < -0.39 is 14.4 Å². The maximum absolute atomic E-state index is 4.64. The molecule has 0 N–H and O–H groups in total. The van der Waals surface area contributed by atoms with E-state index in [1.165, 1.54) is 33.4 Å². The van der Waals surface area contributed by atoms with E-state index in [9.17, 15) is 0 Å². The van der Waals surface area contributed by atoms with Crippen molar-refractivity contribution in [2.24, 2.45) is 0 Å². The van der Waals surface area contributed by atoms with Crippen molar-refractivity contribution in [1.29, 1.82) is 0 Å². The third-order valence-electron chi connectivity index (χ3n) is 8.51. The molecule has 4 aromatic rings. The Bertz CT molecular complexity index is 1490. The normalized spacial score (nSPS) is 17.2. The van der Waals surface area contributed by atoms with Crippen LogP contribution in [0.5, 0.6) is 0 Å². The Morgan fingerprint density at radius 1 is 0.500 bits per heavy atom. The molecule has 0 nitrogen and oxygen atoms in total. The fourth-order valence-electron chi connectivity index (χ4n) is 6.90. The summed E-state index contributed by atoms with van der Waals surface area (Å²) in [6, 6.07) is 32.2. The van der Waals surface area contributed by atoms with E-state index in [4.69, 9.17) is 0 Å². The molecule has 0 unspecified atom stereocenters. The minimum absolute atomic E-state index is 1.05. The Morgan fingerprint density at radius 2 is 0.875 bits per heavy atom. The number of benzene rings is 4. The molecule has 0 radical (unpaired) electrons. The average molecular weight is 512 g/mol. The van der Waals surface area contributed by atoms with E-state index in [-0.39, 0.29) is 0 Å². The number of hydrogen-bond donors (Lipinski definition) is 0. The molecule has 0 aromatic heterocycles. The summed E-state index contributed by atoms with van der Waals surface area (Å²) in [7, 11) is 0. The Labute approximate surface area is 187 Å². The van der Waals surface area contributed by atoms with Crippen molar-refractivity contribution < 1.29 is 14.4 Å². The number of rotatable bonds is 2. The van der Waals surface area contributed by atoms with Crippen molar-refractivity contribution in [3.63, 3.8) is 0 Å². The predicted molar refractivity (Wildman–Crippen MR) is 141 cm³/mol. The molecule has 32 heavy (non-hydrogen) atoms. The van der Waals surface area contributed by atoms with E-state index in [0.29, 0.717) is 0 Å². The van der Waals surface area contributed by atoms with Gasteiger partial charge < -0.3 is 0 Å². The molecule has 2 aliphatic carbocycles. The maximum atomic E-state index is 2.67. The van der Waals surface area contributed by atoms with Crippen LogP contribution in [0.3, 0.4) is 0 Å². The molecule has 0 bridgehead atoms. The Morgan fingerprint density at radius 3 is 1.31 bits per heavy atom. The summed E-state index contributed by atoms with van der Waals surface area (Å²) in [4.78, 5) is 0. The van der Waals surface area contributed by atoms with Crippen LogP contribution < -0.4 is 6.54 Å². The molecular formula is C30H32SiZr. The quantitative estimate of drug-likeness (QED) is 0.240.